The van der Waals surface area contributed by atoms with E-state index >= 15 is 0 Å². The lowest BCUT2D eigenvalue weighted by molar-refractivity contribution is 0.669. The van der Waals surface area contributed by atoms with Gasteiger partial charge in [-0.2, -0.15) is 0 Å². The highest BCUT2D eigenvalue weighted by atomic mass is 16.3. The van der Waals surface area contributed by atoms with Crippen LogP contribution in [0.2, 0.25) is 0 Å². The monoisotopic (exact) mass is 259 g/mol. The predicted octanol–water partition coefficient (Wildman–Crippen LogP) is 4.84. The van der Waals surface area contributed by atoms with Gasteiger partial charge in [0.15, 0.2) is 0 Å². The Morgan fingerprint density at radius 1 is 0.700 bits per heavy atom. The van der Waals surface area contributed by atoms with Crippen LogP contribution in [-0.2, 0) is 0 Å². The molecular weight excluding hydrogens is 246 g/mol. The summed E-state index contributed by atoms with van der Waals surface area (Å²) in [7, 11) is 0. The lowest BCUT2D eigenvalue weighted by Crippen LogP contribution is -1.84. The fourth-order valence-electron chi connectivity index (χ4n) is 2.66. The van der Waals surface area contributed by atoms with Crippen molar-refractivity contribution < 1.29 is 4.42 Å². The molecule has 0 atom stereocenters. The maximum absolute atomic E-state index is 6.10. The van der Waals surface area contributed by atoms with Crippen molar-refractivity contribution in [1.82, 2.24) is 0 Å². The summed E-state index contributed by atoms with van der Waals surface area (Å²) in [6.45, 7) is 0. The Morgan fingerprint density at radius 2 is 1.55 bits per heavy atom. The molecule has 0 aliphatic rings. The van der Waals surface area contributed by atoms with Crippen LogP contribution in [0.25, 0.3) is 33.1 Å². The number of nitrogens with two attached hydrogens (primary N) is 1. The van der Waals surface area contributed by atoms with Gasteiger partial charge >= 0.3 is 0 Å². The van der Waals surface area contributed by atoms with E-state index in [1.165, 1.54) is 11.1 Å². The molecule has 0 aliphatic heterocycles. The van der Waals surface area contributed by atoms with Crippen LogP contribution in [0.3, 0.4) is 0 Å². The molecule has 1 heterocycles. The van der Waals surface area contributed by atoms with E-state index in [0.717, 1.165) is 27.6 Å². The third-order valence-electron chi connectivity index (χ3n) is 3.63. The Labute approximate surface area is 116 Å². The molecule has 4 rings (SSSR count). The lowest BCUT2D eigenvalue weighted by Gasteiger charge is -2.01. The van der Waals surface area contributed by atoms with Gasteiger partial charge in [-0.3, -0.25) is 0 Å². The highest BCUT2D eigenvalue weighted by Crippen LogP contribution is 2.35. The van der Waals surface area contributed by atoms with Crippen molar-refractivity contribution in [3.8, 4) is 11.1 Å². The second kappa shape index (κ2) is 4.14. The SMILES string of the molecule is Nc1cccc2oc3ccc(-c4ccccc4)cc3c12. The number of anilines is 1. The standard InChI is InChI=1S/C18H13NO/c19-15-7-4-8-17-18(15)14-11-13(9-10-16(14)20-17)12-5-2-1-3-6-12/h1-11H,19H2. The van der Waals surface area contributed by atoms with Gasteiger partial charge < -0.3 is 10.2 Å². The Kier molecular flexibility index (Phi) is 2.30. The zero-order chi connectivity index (χ0) is 13.5. The van der Waals surface area contributed by atoms with Crippen LogP contribution < -0.4 is 5.73 Å². The van der Waals surface area contributed by atoms with Crippen LogP contribution in [0.15, 0.2) is 71.1 Å². The summed E-state index contributed by atoms with van der Waals surface area (Å²) in [6, 6.07) is 22.3. The average Bonchev–Trinajstić information content (AvgIpc) is 2.87. The van der Waals surface area contributed by atoms with Gasteiger partial charge in [0.2, 0.25) is 0 Å². The molecule has 3 aromatic carbocycles. The van der Waals surface area contributed by atoms with Gasteiger partial charge in [0.1, 0.15) is 11.2 Å². The first-order valence-corrected chi connectivity index (χ1v) is 6.59. The van der Waals surface area contributed by atoms with Crippen molar-refractivity contribution in [2.45, 2.75) is 0 Å². The summed E-state index contributed by atoms with van der Waals surface area (Å²) >= 11 is 0. The van der Waals surface area contributed by atoms with Gasteiger partial charge in [-0.1, -0.05) is 42.5 Å². The number of rotatable bonds is 1. The molecule has 0 bridgehead atoms. The van der Waals surface area contributed by atoms with Crippen LogP contribution >= 0.6 is 0 Å². The third kappa shape index (κ3) is 1.58. The number of benzene rings is 3. The highest BCUT2D eigenvalue weighted by Gasteiger charge is 2.10. The van der Waals surface area contributed by atoms with Gasteiger partial charge in [0.05, 0.1) is 5.39 Å². The molecule has 2 heteroatoms. The van der Waals surface area contributed by atoms with E-state index < -0.39 is 0 Å². The number of hydrogen-bond acceptors (Lipinski definition) is 2. The van der Waals surface area contributed by atoms with Crippen LogP contribution in [0.5, 0.6) is 0 Å². The van der Waals surface area contributed by atoms with E-state index in [1.807, 2.05) is 42.5 Å². The maximum Gasteiger partial charge on any atom is 0.137 e. The summed E-state index contributed by atoms with van der Waals surface area (Å²) in [4.78, 5) is 0. The van der Waals surface area contributed by atoms with Crippen molar-refractivity contribution in [3.05, 3.63) is 66.7 Å². The molecule has 0 radical (unpaired) electrons. The van der Waals surface area contributed by atoms with Gasteiger partial charge in [-0.25, -0.2) is 0 Å². The number of hydrogen-bond donors (Lipinski definition) is 1. The second-order valence-electron chi connectivity index (χ2n) is 4.90. The number of nitrogen functional groups attached to an aromatic ring is 1. The fraction of sp³-hybridized carbons (Fsp3) is 0. The van der Waals surface area contributed by atoms with Crippen molar-refractivity contribution in [2.75, 3.05) is 5.73 Å². The van der Waals surface area contributed by atoms with E-state index in [2.05, 4.69) is 24.3 Å². The molecule has 20 heavy (non-hydrogen) atoms. The summed E-state index contributed by atoms with van der Waals surface area (Å²) < 4.78 is 5.84. The van der Waals surface area contributed by atoms with Gasteiger partial charge in [-0.15, -0.1) is 0 Å². The van der Waals surface area contributed by atoms with Gasteiger partial charge in [-0.05, 0) is 35.4 Å². The first kappa shape index (κ1) is 11.1. The molecule has 2 nitrogen and oxygen atoms in total. The number of fused-ring (bicyclic) bond motifs is 3. The molecule has 0 aliphatic carbocycles. The van der Waals surface area contributed by atoms with Gasteiger partial charge in [0, 0.05) is 11.1 Å². The second-order valence-corrected chi connectivity index (χ2v) is 4.90. The maximum atomic E-state index is 6.10. The Hall–Kier alpha value is -2.74. The van der Waals surface area contributed by atoms with Crippen LogP contribution in [0.4, 0.5) is 5.69 Å². The van der Waals surface area contributed by atoms with Crippen molar-refractivity contribution in [1.29, 1.82) is 0 Å². The van der Waals surface area contributed by atoms with Crippen LogP contribution in [-0.4, -0.2) is 0 Å². The highest BCUT2D eigenvalue weighted by molar-refractivity contribution is 6.11. The third-order valence-corrected chi connectivity index (χ3v) is 3.63. The molecule has 0 saturated carbocycles. The first-order valence-electron chi connectivity index (χ1n) is 6.59. The minimum atomic E-state index is 0.756. The molecule has 4 aromatic rings. The normalized spacial score (nSPS) is 11.2. The zero-order valence-electron chi connectivity index (χ0n) is 10.8. The smallest absolute Gasteiger partial charge is 0.137 e. The fourth-order valence-corrected chi connectivity index (χ4v) is 2.66. The van der Waals surface area contributed by atoms with E-state index in [-0.39, 0.29) is 0 Å². The van der Waals surface area contributed by atoms with E-state index in [0.29, 0.717) is 0 Å². The van der Waals surface area contributed by atoms with Crippen LogP contribution in [0, 0.1) is 0 Å². The molecule has 96 valence electrons. The van der Waals surface area contributed by atoms with Crippen molar-refractivity contribution in [3.63, 3.8) is 0 Å². The Bertz CT molecular complexity index is 907. The lowest BCUT2D eigenvalue weighted by atomic mass is 10.0. The molecule has 0 amide bonds. The van der Waals surface area contributed by atoms with Crippen molar-refractivity contribution >= 4 is 27.6 Å². The zero-order valence-corrected chi connectivity index (χ0v) is 10.8. The molecular formula is C18H13NO. The molecule has 0 saturated heterocycles. The van der Waals surface area contributed by atoms with Crippen molar-refractivity contribution in [2.24, 2.45) is 0 Å². The largest absolute Gasteiger partial charge is 0.456 e. The summed E-state index contributed by atoms with van der Waals surface area (Å²) in [5.74, 6) is 0. The molecule has 1 aromatic heterocycles. The Morgan fingerprint density at radius 3 is 2.40 bits per heavy atom. The molecule has 0 unspecified atom stereocenters. The van der Waals surface area contributed by atoms with Gasteiger partial charge in [0.25, 0.3) is 0 Å². The van der Waals surface area contributed by atoms with E-state index in [4.69, 9.17) is 10.2 Å². The first-order chi connectivity index (χ1) is 9.83. The quantitative estimate of drug-likeness (QED) is 0.497. The molecule has 0 fully saturated rings. The topological polar surface area (TPSA) is 39.2 Å². The molecule has 0 spiro atoms. The number of furan rings is 1. The minimum absolute atomic E-state index is 0.756. The van der Waals surface area contributed by atoms with E-state index in [1.54, 1.807) is 0 Å². The van der Waals surface area contributed by atoms with Crippen LogP contribution in [0.1, 0.15) is 0 Å². The average molecular weight is 259 g/mol. The van der Waals surface area contributed by atoms with E-state index in [9.17, 15) is 0 Å². The summed E-state index contributed by atoms with van der Waals surface area (Å²) in [6.07, 6.45) is 0. The predicted molar refractivity (Wildman–Crippen MR) is 83.6 cm³/mol. The Balaban J connectivity index is 2.06. The minimum Gasteiger partial charge on any atom is -0.456 e. The summed E-state index contributed by atoms with van der Waals surface area (Å²) in [5.41, 5.74) is 10.9. The molecule has 2 N–H and O–H groups in total. The summed E-state index contributed by atoms with van der Waals surface area (Å²) in [5, 5.41) is 2.07.